The molecule has 1 aromatic carbocycles. The topological polar surface area (TPSA) is 69.7 Å². The highest BCUT2D eigenvalue weighted by molar-refractivity contribution is 5.95. The summed E-state index contributed by atoms with van der Waals surface area (Å²) in [5, 5.41) is 4.07. The van der Waals surface area contributed by atoms with Gasteiger partial charge in [-0.2, -0.15) is 0 Å². The lowest BCUT2D eigenvalue weighted by Gasteiger charge is -2.21. The molecule has 0 unspecified atom stereocenters. The molecule has 28 heavy (non-hydrogen) atoms. The molecule has 2 aromatic heterocycles. The molecular weight excluding hydrogens is 358 g/mol. The molecule has 1 aliphatic heterocycles. The van der Waals surface area contributed by atoms with Gasteiger partial charge in [-0.15, -0.1) is 0 Å². The third kappa shape index (κ3) is 3.24. The molecule has 3 heterocycles. The van der Waals surface area contributed by atoms with Crippen molar-refractivity contribution in [3.8, 4) is 17.3 Å². The molecule has 0 bridgehead atoms. The Morgan fingerprint density at radius 3 is 2.57 bits per heavy atom. The largest absolute Gasteiger partial charge is 0.486 e. The molecule has 0 N–H and O–H groups in total. The summed E-state index contributed by atoms with van der Waals surface area (Å²) in [7, 11) is 1.80. The average Bonchev–Trinajstić information content (AvgIpc) is 3.23. The normalized spacial score (nSPS) is 12.9. The number of hydrogen-bond acceptors (Lipinski definition) is 5. The van der Waals surface area contributed by atoms with Crippen LogP contribution >= 0.6 is 0 Å². The van der Waals surface area contributed by atoms with Crippen LogP contribution in [0.15, 0.2) is 34.9 Å². The van der Waals surface area contributed by atoms with Gasteiger partial charge in [-0.1, -0.05) is 11.2 Å². The summed E-state index contributed by atoms with van der Waals surface area (Å²) in [6.45, 7) is 7.29. The number of benzene rings is 1. The Balaban J connectivity index is 1.56. The monoisotopic (exact) mass is 381 g/mol. The minimum Gasteiger partial charge on any atom is -0.486 e. The number of amides is 1. The third-order valence-corrected chi connectivity index (χ3v) is 4.88. The van der Waals surface area contributed by atoms with Crippen molar-refractivity contribution >= 4 is 5.91 Å². The van der Waals surface area contributed by atoms with Crippen LogP contribution in [0.25, 0.3) is 5.82 Å². The van der Waals surface area contributed by atoms with Crippen molar-refractivity contribution in [3.63, 3.8) is 0 Å². The predicted octanol–water partition coefficient (Wildman–Crippen LogP) is 3.43. The van der Waals surface area contributed by atoms with E-state index in [1.54, 1.807) is 11.9 Å². The van der Waals surface area contributed by atoms with E-state index < -0.39 is 0 Å². The summed E-state index contributed by atoms with van der Waals surface area (Å²) in [6.07, 6.45) is 0. The van der Waals surface area contributed by atoms with Crippen molar-refractivity contribution < 1.29 is 18.8 Å². The lowest BCUT2D eigenvalue weighted by atomic mass is 10.1. The maximum absolute atomic E-state index is 13.1. The van der Waals surface area contributed by atoms with Gasteiger partial charge in [-0.3, -0.25) is 9.36 Å². The first-order valence-electron chi connectivity index (χ1n) is 9.20. The maximum Gasteiger partial charge on any atom is 0.255 e. The molecule has 0 fully saturated rings. The number of hydrogen-bond donors (Lipinski definition) is 0. The number of ether oxygens (including phenoxy) is 2. The van der Waals surface area contributed by atoms with Gasteiger partial charge in [0.2, 0.25) is 0 Å². The zero-order valence-corrected chi connectivity index (χ0v) is 16.5. The summed E-state index contributed by atoms with van der Waals surface area (Å²) in [5.74, 6) is 2.83. The van der Waals surface area contributed by atoms with E-state index in [9.17, 15) is 4.79 Å². The average molecular weight is 381 g/mol. The van der Waals surface area contributed by atoms with Crippen LogP contribution in [0.3, 0.4) is 0 Å². The molecule has 1 aliphatic rings. The third-order valence-electron chi connectivity index (χ3n) is 4.88. The predicted molar refractivity (Wildman–Crippen MR) is 103 cm³/mol. The molecule has 7 heteroatoms. The lowest BCUT2D eigenvalue weighted by molar-refractivity contribution is 0.0784. The van der Waals surface area contributed by atoms with Crippen LogP contribution in [0.2, 0.25) is 0 Å². The number of aryl methyl sites for hydroxylation is 2. The second-order valence-corrected chi connectivity index (χ2v) is 7.06. The molecule has 0 aliphatic carbocycles. The van der Waals surface area contributed by atoms with Gasteiger partial charge in [0, 0.05) is 31.0 Å². The van der Waals surface area contributed by atoms with E-state index in [4.69, 9.17) is 14.0 Å². The maximum atomic E-state index is 13.1. The van der Waals surface area contributed by atoms with Crippen molar-refractivity contribution in [3.05, 3.63) is 58.6 Å². The Hall–Kier alpha value is -3.22. The molecule has 1 amide bonds. The second kappa shape index (κ2) is 7.07. The standard InChI is InChI=1S/C21H23N3O4/c1-13-9-17(15(3)24(13)20-10-14(2)28-22-20)21(25)23(4)12-16-5-6-18-19(11-16)27-8-7-26-18/h5-6,9-11H,7-8,12H2,1-4H3. The van der Waals surface area contributed by atoms with Crippen LogP contribution in [0.1, 0.15) is 33.1 Å². The Morgan fingerprint density at radius 1 is 1.11 bits per heavy atom. The van der Waals surface area contributed by atoms with E-state index in [1.807, 2.05) is 55.7 Å². The van der Waals surface area contributed by atoms with E-state index in [1.165, 1.54) is 0 Å². The van der Waals surface area contributed by atoms with E-state index >= 15 is 0 Å². The van der Waals surface area contributed by atoms with Gasteiger partial charge in [0.25, 0.3) is 5.91 Å². The van der Waals surface area contributed by atoms with Gasteiger partial charge >= 0.3 is 0 Å². The fourth-order valence-corrected chi connectivity index (χ4v) is 3.53. The second-order valence-electron chi connectivity index (χ2n) is 7.06. The quantitative estimate of drug-likeness (QED) is 0.692. The Labute approximate surface area is 163 Å². The van der Waals surface area contributed by atoms with E-state index in [2.05, 4.69) is 5.16 Å². The summed E-state index contributed by atoms with van der Waals surface area (Å²) in [6, 6.07) is 9.52. The zero-order valence-electron chi connectivity index (χ0n) is 16.5. The number of carbonyl (C=O) groups is 1. The van der Waals surface area contributed by atoms with Crippen molar-refractivity contribution in [2.75, 3.05) is 20.3 Å². The molecule has 7 nitrogen and oxygen atoms in total. The van der Waals surface area contributed by atoms with E-state index in [0.29, 0.717) is 31.1 Å². The fraction of sp³-hybridized carbons (Fsp3) is 0.333. The molecule has 0 spiro atoms. The molecule has 3 aromatic rings. The van der Waals surface area contributed by atoms with Gasteiger partial charge in [-0.05, 0) is 44.5 Å². The summed E-state index contributed by atoms with van der Waals surface area (Å²) < 4.78 is 18.3. The van der Waals surface area contributed by atoms with Crippen molar-refractivity contribution in [1.82, 2.24) is 14.6 Å². The first-order valence-corrected chi connectivity index (χ1v) is 9.20. The Morgan fingerprint density at radius 2 is 1.86 bits per heavy atom. The minimum absolute atomic E-state index is 0.0468. The van der Waals surface area contributed by atoms with Crippen LogP contribution in [0.5, 0.6) is 11.5 Å². The molecular formula is C21H23N3O4. The van der Waals surface area contributed by atoms with Crippen LogP contribution in [0.4, 0.5) is 0 Å². The molecule has 4 rings (SSSR count). The highest BCUT2D eigenvalue weighted by Crippen LogP contribution is 2.31. The molecule has 0 radical (unpaired) electrons. The molecule has 0 atom stereocenters. The smallest absolute Gasteiger partial charge is 0.255 e. The Kier molecular flexibility index (Phi) is 4.58. The first-order chi connectivity index (χ1) is 13.4. The summed E-state index contributed by atoms with van der Waals surface area (Å²) >= 11 is 0. The SMILES string of the molecule is Cc1cc(-n2c(C)cc(C(=O)N(C)Cc3ccc4c(c3)OCCO4)c2C)no1. The van der Waals surface area contributed by atoms with Crippen LogP contribution in [-0.2, 0) is 6.54 Å². The summed E-state index contributed by atoms with van der Waals surface area (Å²) in [4.78, 5) is 14.8. The van der Waals surface area contributed by atoms with Crippen LogP contribution in [-0.4, -0.2) is 40.8 Å². The molecule has 146 valence electrons. The van der Waals surface area contributed by atoms with Crippen LogP contribution < -0.4 is 9.47 Å². The van der Waals surface area contributed by atoms with E-state index in [-0.39, 0.29) is 5.91 Å². The highest BCUT2D eigenvalue weighted by Gasteiger charge is 2.21. The Bertz CT molecular complexity index is 1030. The van der Waals surface area contributed by atoms with Gasteiger partial charge in [0.1, 0.15) is 19.0 Å². The number of rotatable bonds is 4. The van der Waals surface area contributed by atoms with Gasteiger partial charge in [0.05, 0.1) is 5.56 Å². The van der Waals surface area contributed by atoms with Crippen molar-refractivity contribution in [1.29, 1.82) is 0 Å². The number of fused-ring (bicyclic) bond motifs is 1. The van der Waals surface area contributed by atoms with Crippen molar-refractivity contribution in [2.24, 2.45) is 0 Å². The zero-order chi connectivity index (χ0) is 19.8. The minimum atomic E-state index is -0.0468. The van der Waals surface area contributed by atoms with E-state index in [0.717, 1.165) is 34.2 Å². The number of aromatic nitrogens is 2. The fourth-order valence-electron chi connectivity index (χ4n) is 3.53. The van der Waals surface area contributed by atoms with Gasteiger partial charge in [0.15, 0.2) is 17.3 Å². The highest BCUT2D eigenvalue weighted by atomic mass is 16.6. The van der Waals surface area contributed by atoms with Crippen LogP contribution in [0, 0.1) is 20.8 Å². The molecule has 0 saturated heterocycles. The van der Waals surface area contributed by atoms with Crippen molar-refractivity contribution in [2.45, 2.75) is 27.3 Å². The van der Waals surface area contributed by atoms with Gasteiger partial charge < -0.3 is 18.9 Å². The summed E-state index contributed by atoms with van der Waals surface area (Å²) in [5.41, 5.74) is 3.41. The molecule has 0 saturated carbocycles. The first kappa shape index (κ1) is 18.2. The van der Waals surface area contributed by atoms with Gasteiger partial charge in [-0.25, -0.2) is 0 Å². The number of carbonyl (C=O) groups excluding carboxylic acids is 1. The lowest BCUT2D eigenvalue weighted by Crippen LogP contribution is -2.26. The number of nitrogens with zero attached hydrogens (tertiary/aromatic N) is 3.